The fraction of sp³-hybridized carbons (Fsp3) is 0.464. The van der Waals surface area contributed by atoms with E-state index < -0.39 is 5.91 Å². The van der Waals surface area contributed by atoms with Crippen molar-refractivity contribution in [3.8, 4) is 0 Å². The van der Waals surface area contributed by atoms with Gasteiger partial charge in [-0.2, -0.15) is 0 Å². The molecule has 3 aromatic rings. The van der Waals surface area contributed by atoms with Crippen LogP contribution in [0.2, 0.25) is 0 Å². The van der Waals surface area contributed by atoms with Crippen LogP contribution in [0.1, 0.15) is 87.2 Å². The molecule has 1 amide bonds. The van der Waals surface area contributed by atoms with Crippen LogP contribution in [-0.4, -0.2) is 40.0 Å². The van der Waals surface area contributed by atoms with E-state index in [1.54, 1.807) is 18.5 Å². The van der Waals surface area contributed by atoms with Gasteiger partial charge in [-0.3, -0.25) is 14.8 Å². The molecule has 4 rings (SSSR count). The molecule has 7 nitrogen and oxygen atoms in total. The van der Waals surface area contributed by atoms with E-state index in [2.05, 4.69) is 41.7 Å². The van der Waals surface area contributed by atoms with Gasteiger partial charge in [-0.25, -0.2) is 10.5 Å². The van der Waals surface area contributed by atoms with Crippen LogP contribution < -0.4 is 10.4 Å². The summed E-state index contributed by atoms with van der Waals surface area (Å²) >= 11 is 0. The molecule has 1 fully saturated rings. The van der Waals surface area contributed by atoms with Gasteiger partial charge in [0.15, 0.2) is 5.78 Å². The van der Waals surface area contributed by atoms with Crippen LogP contribution in [-0.2, 0) is 0 Å². The molecule has 35 heavy (non-hydrogen) atoms. The van der Waals surface area contributed by atoms with E-state index >= 15 is 0 Å². The van der Waals surface area contributed by atoms with E-state index in [0.717, 1.165) is 35.7 Å². The maximum Gasteiger partial charge on any atom is 0.276 e. The van der Waals surface area contributed by atoms with Crippen LogP contribution in [0.25, 0.3) is 10.9 Å². The molecule has 1 aliphatic heterocycles. The van der Waals surface area contributed by atoms with Crippen LogP contribution in [0.4, 0.5) is 5.82 Å². The maximum absolute atomic E-state index is 11.1. The van der Waals surface area contributed by atoms with E-state index in [-0.39, 0.29) is 13.2 Å². The summed E-state index contributed by atoms with van der Waals surface area (Å²) in [4.78, 5) is 31.7. The number of H-pyrrole nitrogens is 1. The lowest BCUT2D eigenvalue weighted by Gasteiger charge is -2.31. The molecule has 2 aromatic heterocycles. The van der Waals surface area contributed by atoms with Gasteiger partial charge >= 0.3 is 0 Å². The van der Waals surface area contributed by atoms with Gasteiger partial charge in [0.05, 0.1) is 11.3 Å². The third-order valence-corrected chi connectivity index (χ3v) is 5.87. The number of nitrogens with zero attached hydrogens (tertiary/aromatic N) is 2. The molecule has 192 valence electrons. The Labute approximate surface area is 209 Å². The van der Waals surface area contributed by atoms with Crippen molar-refractivity contribution < 1.29 is 14.8 Å². The molecular weight excluding hydrogens is 440 g/mol. The highest BCUT2D eigenvalue weighted by atomic mass is 16.5. The number of aromatic nitrogens is 2. The number of unbranched alkanes of at least 4 members (excludes halogenated alkanes) is 1. The highest BCUT2D eigenvalue weighted by molar-refractivity contribution is 5.98. The number of pyridine rings is 1. The minimum absolute atomic E-state index is 0. The molecule has 0 spiro atoms. The second-order valence-corrected chi connectivity index (χ2v) is 8.85. The Bertz CT molecular complexity index is 1050. The number of aromatic amines is 1. The number of benzene rings is 1. The highest BCUT2D eigenvalue weighted by Gasteiger charge is 2.17. The van der Waals surface area contributed by atoms with E-state index in [4.69, 9.17) is 5.21 Å². The minimum atomic E-state index is -0.531. The molecule has 0 unspecified atom stereocenters. The number of carbonyl (C=O) groups is 2. The van der Waals surface area contributed by atoms with Crippen LogP contribution in [0.3, 0.4) is 0 Å². The third kappa shape index (κ3) is 9.17. The number of carbonyl (C=O) groups excluding carboxylic acids is 2. The van der Waals surface area contributed by atoms with Crippen molar-refractivity contribution in [2.45, 2.75) is 67.7 Å². The van der Waals surface area contributed by atoms with Crippen molar-refractivity contribution in [1.82, 2.24) is 15.4 Å². The van der Waals surface area contributed by atoms with E-state index in [1.807, 2.05) is 31.2 Å². The van der Waals surface area contributed by atoms with Crippen molar-refractivity contribution in [2.75, 3.05) is 18.0 Å². The first kappa shape index (κ1) is 29.8. The minimum Gasteiger partial charge on any atom is -0.357 e. The lowest BCUT2D eigenvalue weighted by atomic mass is 9.99. The number of amides is 1. The number of anilines is 1. The number of piperidine rings is 1. The molecule has 0 bridgehead atoms. The maximum atomic E-state index is 11.1. The summed E-state index contributed by atoms with van der Waals surface area (Å²) in [5, 5.41) is 9.60. The van der Waals surface area contributed by atoms with Gasteiger partial charge in [0.25, 0.3) is 5.91 Å². The van der Waals surface area contributed by atoms with Crippen molar-refractivity contribution in [2.24, 2.45) is 5.92 Å². The summed E-state index contributed by atoms with van der Waals surface area (Å²) in [5.74, 6) is 1.22. The number of hydrogen-bond acceptors (Lipinski definition) is 5. The van der Waals surface area contributed by atoms with Gasteiger partial charge in [-0.1, -0.05) is 52.7 Å². The molecule has 1 aromatic carbocycles. The molecule has 3 heterocycles. The van der Waals surface area contributed by atoms with Gasteiger partial charge in [-0.15, -0.1) is 0 Å². The van der Waals surface area contributed by atoms with Crippen LogP contribution >= 0.6 is 0 Å². The smallest absolute Gasteiger partial charge is 0.276 e. The van der Waals surface area contributed by atoms with Crippen LogP contribution in [0, 0.1) is 12.8 Å². The second-order valence-electron chi connectivity index (χ2n) is 8.85. The normalized spacial score (nSPS) is 13.0. The van der Waals surface area contributed by atoms with E-state index in [0.29, 0.717) is 11.3 Å². The average Bonchev–Trinajstić information content (AvgIpc) is 3.28. The number of ketones is 1. The number of rotatable bonds is 4. The van der Waals surface area contributed by atoms with Gasteiger partial charge in [-0.05, 0) is 56.0 Å². The zero-order valence-electron chi connectivity index (χ0n) is 21.0. The average molecular weight is 483 g/mol. The molecule has 1 saturated heterocycles. The van der Waals surface area contributed by atoms with Crippen LogP contribution in [0.5, 0.6) is 0 Å². The number of nitrogens with one attached hydrogen (secondary N) is 2. The SMILES string of the molecule is C.CC(=O)c1cc2cc(C)ccc2[nH]1.CC1CCN(c2ccc(C(=O)NO)cn2)CC1.CCCC. The molecule has 0 aliphatic carbocycles. The van der Waals surface area contributed by atoms with Crippen molar-refractivity contribution in [1.29, 1.82) is 0 Å². The Morgan fingerprint density at radius 2 is 1.77 bits per heavy atom. The summed E-state index contributed by atoms with van der Waals surface area (Å²) in [5.41, 5.74) is 4.87. The summed E-state index contributed by atoms with van der Waals surface area (Å²) in [7, 11) is 0. The summed E-state index contributed by atoms with van der Waals surface area (Å²) in [6.07, 6.45) is 6.49. The topological polar surface area (TPSA) is 98.3 Å². The lowest BCUT2D eigenvalue weighted by molar-refractivity contribution is 0.0706. The van der Waals surface area contributed by atoms with Gasteiger partial charge < -0.3 is 9.88 Å². The van der Waals surface area contributed by atoms with Crippen molar-refractivity contribution in [3.63, 3.8) is 0 Å². The monoisotopic (exact) mass is 482 g/mol. The summed E-state index contributed by atoms with van der Waals surface area (Å²) in [6, 6.07) is 11.5. The van der Waals surface area contributed by atoms with Crippen molar-refractivity contribution >= 4 is 28.4 Å². The Morgan fingerprint density at radius 1 is 1.11 bits per heavy atom. The van der Waals surface area contributed by atoms with Crippen molar-refractivity contribution in [3.05, 3.63) is 59.4 Å². The third-order valence-electron chi connectivity index (χ3n) is 5.87. The molecule has 1 aliphatic rings. The first-order chi connectivity index (χ1) is 16.3. The number of hydroxylamine groups is 1. The first-order valence-corrected chi connectivity index (χ1v) is 12.0. The van der Waals surface area contributed by atoms with Gasteiger partial charge in [0.2, 0.25) is 0 Å². The van der Waals surface area contributed by atoms with E-state index in [9.17, 15) is 9.59 Å². The first-order valence-electron chi connectivity index (χ1n) is 12.0. The van der Waals surface area contributed by atoms with Crippen LogP contribution in [0.15, 0.2) is 42.6 Å². The Kier molecular flexibility index (Phi) is 12.7. The predicted octanol–water partition coefficient (Wildman–Crippen LogP) is 6.56. The number of Topliss-reactive ketones (excluding diaryl/α,β-unsaturated/α-hetero) is 1. The van der Waals surface area contributed by atoms with Gasteiger partial charge in [0, 0.05) is 37.1 Å². The zero-order chi connectivity index (χ0) is 25.1. The second kappa shape index (κ2) is 14.9. The Balaban J connectivity index is 0.000000303. The Hall–Kier alpha value is -3.19. The largest absolute Gasteiger partial charge is 0.357 e. The zero-order valence-corrected chi connectivity index (χ0v) is 21.0. The molecule has 3 N–H and O–H groups in total. The Morgan fingerprint density at radius 3 is 2.29 bits per heavy atom. The quantitative estimate of drug-likeness (QED) is 0.222. The fourth-order valence-corrected chi connectivity index (χ4v) is 3.45. The molecule has 0 atom stereocenters. The predicted molar refractivity (Wildman–Crippen MR) is 144 cm³/mol. The number of aryl methyl sites for hydroxylation is 1. The highest BCUT2D eigenvalue weighted by Crippen LogP contribution is 2.21. The number of fused-ring (bicyclic) bond motifs is 1. The summed E-state index contributed by atoms with van der Waals surface area (Å²) < 4.78 is 0. The molecule has 0 saturated carbocycles. The molecule has 7 heteroatoms. The molecular formula is C28H42N4O3. The standard InChI is InChI=1S/C12H17N3O2.C11H11NO.C4H10.CH4/c1-9-4-6-15(7-5-9)11-3-2-10(8-13-11)12(16)14-17;1-7-3-4-10-9(5-7)6-11(12-10)8(2)13;1-3-4-2;/h2-3,8-9,17H,4-7H2,1H3,(H,14,16);3-6,12H,1-2H3;3-4H2,1-2H3;1H4. The lowest BCUT2D eigenvalue weighted by Crippen LogP contribution is -2.33. The summed E-state index contributed by atoms with van der Waals surface area (Å²) in [6.45, 7) is 12.3. The van der Waals surface area contributed by atoms with E-state index in [1.165, 1.54) is 37.4 Å². The fourth-order valence-electron chi connectivity index (χ4n) is 3.45. The molecule has 0 radical (unpaired) electrons. The number of hydrogen-bond donors (Lipinski definition) is 3. The van der Waals surface area contributed by atoms with Gasteiger partial charge in [0.1, 0.15) is 5.82 Å².